The van der Waals surface area contributed by atoms with Crippen molar-refractivity contribution in [2.24, 2.45) is 5.73 Å². The maximum Gasteiger partial charge on any atom is 0.322 e. The molecule has 13 nitrogen and oxygen atoms in total. The Hall–Kier alpha value is -3.59. The molecule has 0 fully saturated rings. The molecule has 0 spiro atoms. The molecule has 0 aromatic heterocycles. The van der Waals surface area contributed by atoms with Crippen molar-refractivity contribution in [1.29, 1.82) is 0 Å². The van der Waals surface area contributed by atoms with E-state index in [1.165, 1.54) is 18.2 Å². The number of Topliss-reactive ketones (excluding diaryl/α,β-unsaturated/α-hetero) is 4. The second-order valence-electron chi connectivity index (χ2n) is 12.3. The Morgan fingerprint density at radius 3 is 1.74 bits per heavy atom. The molecular formula is C39H54N3O10SY-. The molecule has 1 aromatic rings. The molecule has 54 heavy (non-hydrogen) atoms. The number of nitrogens with two attached hydrogens (primary N) is 1. The summed E-state index contributed by atoms with van der Waals surface area (Å²) in [5, 5.41) is 22.3. The molecule has 3 unspecified atom stereocenters. The fourth-order valence-electron chi connectivity index (χ4n) is 4.25. The van der Waals surface area contributed by atoms with Crippen LogP contribution < -0.4 is 16.4 Å². The third-order valence-electron chi connectivity index (χ3n) is 7.98. The quantitative estimate of drug-likeness (QED) is 0.133. The van der Waals surface area contributed by atoms with Crippen LogP contribution in [0.3, 0.4) is 0 Å². The molecule has 3 atom stereocenters. The van der Waals surface area contributed by atoms with Crippen molar-refractivity contribution in [3.05, 3.63) is 69.3 Å². The van der Waals surface area contributed by atoms with Crippen molar-refractivity contribution in [1.82, 2.24) is 10.6 Å². The van der Waals surface area contributed by atoms with Crippen molar-refractivity contribution < 1.29 is 81.3 Å². The number of rotatable bonds is 13. The molecule has 0 heterocycles. The Bertz CT molecular complexity index is 1590. The first kappa shape index (κ1) is 52.5. The summed E-state index contributed by atoms with van der Waals surface area (Å²) >= 11 is 1.48. The molecule has 1 aromatic carbocycles. The topological polar surface area (TPSA) is 227 Å². The minimum absolute atomic E-state index is 0. The fraction of sp³-hybridized carbons (Fsp3) is 0.487. The van der Waals surface area contributed by atoms with Crippen molar-refractivity contribution in [2.75, 3.05) is 12.3 Å². The van der Waals surface area contributed by atoms with E-state index in [4.69, 9.17) is 15.9 Å². The van der Waals surface area contributed by atoms with Crippen LogP contribution in [0.15, 0.2) is 52.1 Å². The molecule has 2 amide bonds. The van der Waals surface area contributed by atoms with Crippen molar-refractivity contribution in [3.63, 3.8) is 0 Å². The van der Waals surface area contributed by atoms with E-state index in [0.717, 1.165) is 6.42 Å². The van der Waals surface area contributed by atoms with E-state index < -0.39 is 42.4 Å². The van der Waals surface area contributed by atoms with Gasteiger partial charge in [0.1, 0.15) is 18.6 Å². The number of carbonyl (C=O) groups excluding carboxylic acids is 6. The van der Waals surface area contributed by atoms with Gasteiger partial charge < -0.3 is 36.2 Å². The normalized spacial score (nSPS) is 14.9. The number of hydrogen-bond acceptors (Lipinski definition) is 10. The van der Waals surface area contributed by atoms with Gasteiger partial charge in [0, 0.05) is 72.4 Å². The Morgan fingerprint density at radius 2 is 1.31 bits per heavy atom. The van der Waals surface area contributed by atoms with Gasteiger partial charge in [0.15, 0.2) is 11.6 Å². The van der Waals surface area contributed by atoms with Gasteiger partial charge in [-0.15, -0.1) is 22.8 Å². The molecular weight excluding hydrogens is 791 g/mol. The molecule has 2 aliphatic rings. The average Bonchev–Trinajstić information content (AvgIpc) is 3.13. The molecule has 0 saturated heterocycles. The Labute approximate surface area is 347 Å². The SMILES string of the molecule is CC1=C(C)C(=O)c2ccccc2C1=O.CCC.CCC(C)SCC(NC(=O)CCC(N)C(=O)O)C(=O)NCC(=O)O.CCC1=[C-]C(=O)C(C)=C(C)C1=O.[Y]. The van der Waals surface area contributed by atoms with Gasteiger partial charge in [-0.1, -0.05) is 85.6 Å². The summed E-state index contributed by atoms with van der Waals surface area (Å²) in [7, 11) is 0. The number of fused-ring (bicyclic) bond motifs is 1. The van der Waals surface area contributed by atoms with Crippen LogP contribution in [0.4, 0.5) is 0 Å². The second-order valence-corrected chi connectivity index (χ2v) is 13.8. The van der Waals surface area contributed by atoms with E-state index in [2.05, 4.69) is 30.6 Å². The zero-order valence-electron chi connectivity index (χ0n) is 32.7. The average molecular weight is 846 g/mol. The zero-order chi connectivity index (χ0) is 41.0. The summed E-state index contributed by atoms with van der Waals surface area (Å²) in [5.41, 5.74) is 9.10. The molecule has 0 aliphatic heterocycles. The number of carboxylic acids is 2. The first-order valence-corrected chi connectivity index (χ1v) is 18.5. The molecule has 15 heteroatoms. The number of thioether (sulfide) groups is 1. The van der Waals surface area contributed by atoms with Crippen LogP contribution in [0.5, 0.6) is 0 Å². The minimum Gasteiger partial charge on any atom is -0.480 e. The van der Waals surface area contributed by atoms with Crippen LogP contribution in [-0.4, -0.2) is 86.7 Å². The van der Waals surface area contributed by atoms with Gasteiger partial charge in [0.25, 0.3) is 0 Å². The van der Waals surface area contributed by atoms with E-state index in [1.54, 1.807) is 52.0 Å². The third-order valence-corrected chi connectivity index (χ3v) is 9.41. The number of ketones is 4. The summed E-state index contributed by atoms with van der Waals surface area (Å²) in [6.07, 6.45) is 5.09. The first-order valence-electron chi connectivity index (χ1n) is 17.4. The van der Waals surface area contributed by atoms with Crippen LogP contribution in [0, 0.1) is 6.08 Å². The van der Waals surface area contributed by atoms with Crippen LogP contribution in [0.2, 0.25) is 0 Å². The van der Waals surface area contributed by atoms with Gasteiger partial charge in [-0.05, 0) is 26.7 Å². The zero-order valence-corrected chi connectivity index (χ0v) is 36.4. The summed E-state index contributed by atoms with van der Waals surface area (Å²) in [6, 6.07) is 4.91. The second kappa shape index (κ2) is 27.1. The number of carboxylic acid groups (broad SMARTS) is 2. The molecule has 0 bridgehead atoms. The van der Waals surface area contributed by atoms with Crippen LogP contribution in [0.1, 0.15) is 115 Å². The first-order chi connectivity index (χ1) is 24.8. The Morgan fingerprint density at radius 1 is 0.833 bits per heavy atom. The standard InChI is InChI=1S/C14H25N3O6S.C12H10O2.C10H11O2.C3H8.Y/c1-3-8(2)24-7-10(13(21)16-6-12(19)20)17-11(18)5-4-9(15)14(22)23;1-7-8(2)12(14)10-6-4-3-5-9(10)11(7)13;1-4-8-5-9(11)6(2)7(3)10(8)12;1-3-2;/h8-10H,3-7,15H2,1-2H3,(H,16,21)(H,17,18)(H,19,20)(H,22,23);3-6H,1-2H3;4H2,1-3H3;3H2,1-2H3;/q;;-1;;. The van der Waals surface area contributed by atoms with Crippen LogP contribution >= 0.6 is 11.8 Å². The predicted octanol–water partition coefficient (Wildman–Crippen LogP) is 4.83. The smallest absolute Gasteiger partial charge is 0.322 e. The third kappa shape index (κ3) is 17.7. The van der Waals surface area contributed by atoms with Crippen LogP contribution in [-0.2, 0) is 61.5 Å². The molecule has 2 aliphatic carbocycles. The van der Waals surface area contributed by atoms with E-state index in [1.807, 2.05) is 20.8 Å². The molecule has 1 radical (unpaired) electrons. The number of carbonyl (C=O) groups is 8. The summed E-state index contributed by atoms with van der Waals surface area (Å²) in [4.78, 5) is 91.1. The van der Waals surface area contributed by atoms with E-state index in [-0.39, 0.29) is 79.7 Å². The van der Waals surface area contributed by atoms with Crippen LogP contribution in [0.25, 0.3) is 0 Å². The largest absolute Gasteiger partial charge is 0.480 e. The van der Waals surface area contributed by atoms with E-state index in [0.29, 0.717) is 45.4 Å². The number of allylic oxidation sites excluding steroid dienone is 6. The predicted molar refractivity (Wildman–Crippen MR) is 205 cm³/mol. The maximum absolute atomic E-state index is 12.0. The minimum atomic E-state index is -1.20. The number of hydrogen-bond donors (Lipinski definition) is 5. The Balaban J connectivity index is 0. The summed E-state index contributed by atoms with van der Waals surface area (Å²) in [5.74, 6) is -3.44. The number of amides is 2. The fourth-order valence-corrected chi connectivity index (χ4v) is 5.24. The Kier molecular flexibility index (Phi) is 26.3. The van der Waals surface area contributed by atoms with Crippen molar-refractivity contribution >= 4 is 58.6 Å². The van der Waals surface area contributed by atoms with E-state index >= 15 is 0 Å². The monoisotopic (exact) mass is 845 g/mol. The molecule has 295 valence electrons. The molecule has 6 N–H and O–H groups in total. The molecule has 3 rings (SSSR count). The summed E-state index contributed by atoms with van der Waals surface area (Å²) < 4.78 is 0. The van der Waals surface area contributed by atoms with Gasteiger partial charge >= 0.3 is 11.9 Å². The summed E-state index contributed by atoms with van der Waals surface area (Å²) in [6.45, 7) is 16.3. The maximum atomic E-state index is 12.0. The van der Waals surface area contributed by atoms with Gasteiger partial charge in [-0.2, -0.15) is 11.8 Å². The van der Waals surface area contributed by atoms with Gasteiger partial charge in [-0.3, -0.25) is 28.8 Å². The molecule has 0 saturated carbocycles. The van der Waals surface area contributed by atoms with Crippen molar-refractivity contribution in [2.45, 2.75) is 112 Å². The van der Waals surface area contributed by atoms with Gasteiger partial charge in [-0.25, -0.2) is 0 Å². The number of aliphatic carboxylic acids is 2. The van der Waals surface area contributed by atoms with Gasteiger partial charge in [0.2, 0.25) is 11.8 Å². The number of nitrogens with one attached hydrogen (secondary N) is 2. The number of benzene rings is 1. The van der Waals surface area contributed by atoms with Crippen molar-refractivity contribution in [3.8, 4) is 0 Å². The van der Waals surface area contributed by atoms with Gasteiger partial charge in [0.05, 0.1) is 11.6 Å². The van der Waals surface area contributed by atoms with E-state index in [9.17, 15) is 38.4 Å².